The molecule has 0 aliphatic heterocycles. The molecule has 186 valence electrons. The number of thiophene rings is 1. The van der Waals surface area contributed by atoms with Crippen molar-refractivity contribution in [3.05, 3.63) is 87.9 Å². The highest BCUT2D eigenvalue weighted by atomic mass is 32.1. The van der Waals surface area contributed by atoms with Crippen molar-refractivity contribution >= 4 is 29.0 Å². The molecule has 0 fully saturated rings. The van der Waals surface area contributed by atoms with Gasteiger partial charge in [0, 0.05) is 37.4 Å². The van der Waals surface area contributed by atoms with Crippen molar-refractivity contribution in [3.8, 4) is 0 Å². The number of benzene rings is 2. The molecule has 0 unspecified atom stereocenters. The average Bonchev–Trinajstić information content (AvgIpc) is 3.38. The highest BCUT2D eigenvalue weighted by molar-refractivity contribution is 7.09. The summed E-state index contributed by atoms with van der Waals surface area (Å²) in [7, 11) is 1.61. The third-order valence-corrected chi connectivity index (χ3v) is 6.46. The number of carbonyl (C=O) groups excluding carboxylic acids is 2. The van der Waals surface area contributed by atoms with E-state index >= 15 is 0 Å². The number of nitrogens with zero attached hydrogens (tertiary/aromatic N) is 2. The lowest BCUT2D eigenvalue weighted by molar-refractivity contribution is -0.133. The van der Waals surface area contributed by atoms with Crippen molar-refractivity contribution in [1.29, 1.82) is 0 Å². The number of ether oxygens (including phenoxy) is 1. The molecule has 0 spiro atoms. The normalized spacial score (nSPS) is 10.7. The SMILES string of the molecule is CCc1ccccc1NC(=O)N(CCCOC)CC(=O)N(Cc1ccc(F)cc1)Cc1cccs1. The van der Waals surface area contributed by atoms with E-state index in [2.05, 4.69) is 5.32 Å². The quantitative estimate of drug-likeness (QED) is 0.334. The van der Waals surface area contributed by atoms with E-state index in [0.29, 0.717) is 32.7 Å². The fraction of sp³-hybridized carbons (Fsp3) is 0.333. The number of methoxy groups -OCH3 is 1. The number of hydrogen-bond acceptors (Lipinski definition) is 4. The number of amides is 3. The molecule has 6 nitrogen and oxygen atoms in total. The first-order valence-corrected chi connectivity index (χ1v) is 12.6. The summed E-state index contributed by atoms with van der Waals surface area (Å²) in [5, 5.41) is 4.93. The molecule has 0 saturated heterocycles. The van der Waals surface area contributed by atoms with E-state index in [1.807, 2.05) is 48.7 Å². The molecule has 0 atom stereocenters. The molecular formula is C27H32FN3O3S. The maximum absolute atomic E-state index is 13.5. The van der Waals surface area contributed by atoms with Gasteiger partial charge >= 0.3 is 6.03 Å². The molecule has 2 aromatic carbocycles. The molecule has 0 radical (unpaired) electrons. The van der Waals surface area contributed by atoms with Crippen LogP contribution in [0.1, 0.15) is 29.3 Å². The summed E-state index contributed by atoms with van der Waals surface area (Å²) in [5.74, 6) is -0.502. The number of anilines is 1. The second-order valence-electron chi connectivity index (χ2n) is 8.16. The Morgan fingerprint density at radius 3 is 2.46 bits per heavy atom. The highest BCUT2D eigenvalue weighted by Crippen LogP contribution is 2.18. The number of carbonyl (C=O) groups is 2. The summed E-state index contributed by atoms with van der Waals surface area (Å²) in [6, 6.07) is 17.4. The molecule has 8 heteroatoms. The molecular weight excluding hydrogens is 465 g/mol. The predicted molar refractivity (Wildman–Crippen MR) is 138 cm³/mol. The summed E-state index contributed by atoms with van der Waals surface area (Å²) < 4.78 is 18.5. The van der Waals surface area contributed by atoms with Crippen molar-refractivity contribution < 1.29 is 18.7 Å². The monoisotopic (exact) mass is 497 g/mol. The fourth-order valence-electron chi connectivity index (χ4n) is 3.69. The topological polar surface area (TPSA) is 61.9 Å². The number of nitrogens with one attached hydrogen (secondary N) is 1. The summed E-state index contributed by atoms with van der Waals surface area (Å²) in [5.41, 5.74) is 2.59. The molecule has 3 aromatic rings. The largest absolute Gasteiger partial charge is 0.385 e. The number of hydrogen-bond donors (Lipinski definition) is 1. The lowest BCUT2D eigenvalue weighted by atomic mass is 10.1. The van der Waals surface area contributed by atoms with Crippen LogP contribution in [0.4, 0.5) is 14.9 Å². The Balaban J connectivity index is 1.76. The molecule has 35 heavy (non-hydrogen) atoms. The first kappa shape index (κ1) is 26.4. The van der Waals surface area contributed by atoms with Gasteiger partial charge in [-0.25, -0.2) is 9.18 Å². The first-order chi connectivity index (χ1) is 17.0. The fourth-order valence-corrected chi connectivity index (χ4v) is 4.41. The van der Waals surface area contributed by atoms with Gasteiger partial charge in [0.2, 0.25) is 5.91 Å². The van der Waals surface area contributed by atoms with Crippen molar-refractivity contribution in [1.82, 2.24) is 9.80 Å². The van der Waals surface area contributed by atoms with Crippen LogP contribution in [-0.4, -0.2) is 48.5 Å². The predicted octanol–water partition coefficient (Wildman–Crippen LogP) is 5.55. The van der Waals surface area contributed by atoms with Gasteiger partial charge in [-0.2, -0.15) is 0 Å². The molecule has 0 saturated carbocycles. The number of urea groups is 1. The van der Waals surface area contributed by atoms with Crippen LogP contribution in [0.5, 0.6) is 0 Å². The molecule has 0 aliphatic rings. The van der Waals surface area contributed by atoms with Crippen LogP contribution in [0.25, 0.3) is 0 Å². The average molecular weight is 498 g/mol. The second kappa shape index (κ2) is 13.6. The molecule has 0 aliphatic carbocycles. The zero-order chi connectivity index (χ0) is 25.0. The van der Waals surface area contributed by atoms with Gasteiger partial charge in [0.1, 0.15) is 12.4 Å². The van der Waals surface area contributed by atoms with Crippen LogP contribution in [0.15, 0.2) is 66.0 Å². The van der Waals surface area contributed by atoms with Gasteiger partial charge in [0.15, 0.2) is 0 Å². The van der Waals surface area contributed by atoms with Crippen LogP contribution in [0.3, 0.4) is 0 Å². The van der Waals surface area contributed by atoms with E-state index < -0.39 is 0 Å². The van der Waals surface area contributed by atoms with Gasteiger partial charge in [-0.05, 0) is 53.6 Å². The molecule has 1 aromatic heterocycles. The van der Waals surface area contributed by atoms with Crippen molar-refractivity contribution in [2.45, 2.75) is 32.9 Å². The molecule has 1 heterocycles. The zero-order valence-corrected chi connectivity index (χ0v) is 21.0. The van der Waals surface area contributed by atoms with Gasteiger partial charge in [0.05, 0.1) is 6.54 Å². The standard InChI is InChI=1S/C27H32FN3O3S/c1-3-22-8-4-5-10-25(22)29-27(33)30(15-7-16-34-2)20-26(32)31(19-24-9-6-17-35-24)18-21-11-13-23(28)14-12-21/h4-6,8-14,17H,3,7,15-16,18-20H2,1-2H3,(H,29,33). The second-order valence-corrected chi connectivity index (χ2v) is 9.20. The minimum Gasteiger partial charge on any atom is -0.385 e. The minimum atomic E-state index is -0.326. The van der Waals surface area contributed by atoms with E-state index in [-0.39, 0.29) is 24.3 Å². The van der Waals surface area contributed by atoms with Gasteiger partial charge in [-0.1, -0.05) is 43.3 Å². The lowest BCUT2D eigenvalue weighted by Crippen LogP contribution is -2.44. The Labute approximate surface area is 210 Å². The van der Waals surface area contributed by atoms with Crippen LogP contribution >= 0.6 is 11.3 Å². The maximum Gasteiger partial charge on any atom is 0.322 e. The Kier molecular flexibility index (Phi) is 10.3. The smallest absolute Gasteiger partial charge is 0.322 e. The molecule has 3 rings (SSSR count). The van der Waals surface area contributed by atoms with Crippen molar-refractivity contribution in [2.24, 2.45) is 0 Å². The zero-order valence-electron chi connectivity index (χ0n) is 20.2. The van der Waals surface area contributed by atoms with Crippen LogP contribution in [-0.2, 0) is 29.0 Å². The Morgan fingerprint density at radius 2 is 1.77 bits per heavy atom. The summed E-state index contributed by atoms with van der Waals surface area (Å²) in [6.45, 7) is 3.56. The van der Waals surface area contributed by atoms with Crippen molar-refractivity contribution in [2.75, 3.05) is 32.1 Å². The third kappa shape index (κ3) is 8.19. The summed E-state index contributed by atoms with van der Waals surface area (Å²) in [4.78, 5) is 30.9. The van der Waals surface area contributed by atoms with E-state index in [4.69, 9.17) is 4.74 Å². The summed E-state index contributed by atoms with van der Waals surface area (Å²) >= 11 is 1.57. The van der Waals surface area contributed by atoms with Gasteiger partial charge < -0.3 is 19.9 Å². The maximum atomic E-state index is 13.5. The van der Waals surface area contributed by atoms with Crippen molar-refractivity contribution in [3.63, 3.8) is 0 Å². The first-order valence-electron chi connectivity index (χ1n) is 11.7. The van der Waals surface area contributed by atoms with E-state index in [9.17, 15) is 14.0 Å². The Bertz CT molecular complexity index is 1070. The van der Waals surface area contributed by atoms with Crippen LogP contribution < -0.4 is 5.32 Å². The number of rotatable bonds is 12. The number of halogens is 1. The van der Waals surface area contributed by atoms with Crippen LogP contribution in [0, 0.1) is 5.82 Å². The Morgan fingerprint density at radius 1 is 1.00 bits per heavy atom. The summed E-state index contributed by atoms with van der Waals surface area (Å²) in [6.07, 6.45) is 1.39. The van der Waals surface area contributed by atoms with E-state index in [0.717, 1.165) is 28.1 Å². The number of para-hydroxylation sites is 1. The van der Waals surface area contributed by atoms with E-state index in [1.165, 1.54) is 17.0 Å². The van der Waals surface area contributed by atoms with Gasteiger partial charge in [-0.15, -0.1) is 11.3 Å². The van der Waals surface area contributed by atoms with Gasteiger partial charge in [0.25, 0.3) is 0 Å². The van der Waals surface area contributed by atoms with Crippen LogP contribution in [0.2, 0.25) is 0 Å². The molecule has 3 amide bonds. The lowest BCUT2D eigenvalue weighted by Gasteiger charge is -2.28. The van der Waals surface area contributed by atoms with E-state index in [1.54, 1.807) is 35.5 Å². The molecule has 0 bridgehead atoms. The van der Waals surface area contributed by atoms with Gasteiger partial charge in [-0.3, -0.25) is 4.79 Å². The minimum absolute atomic E-state index is 0.0730. The third-order valence-electron chi connectivity index (χ3n) is 5.60. The number of aryl methyl sites for hydroxylation is 1. The Hall–Kier alpha value is -3.23. The molecule has 1 N–H and O–H groups in total. The highest BCUT2D eigenvalue weighted by Gasteiger charge is 2.22.